The van der Waals surface area contributed by atoms with Gasteiger partial charge < -0.3 is 15.7 Å². The standard InChI is InChI=1S/C13H15N5O4S/c14-9-1-2-11(12(3-9)23(15,21)22)8-4-16-18(5-8)10-6-17(7-10)13(19)20/h1-5,10H,6-7,14H2,(H,19,20)(H2,15,21,22). The van der Waals surface area contributed by atoms with Crippen LogP contribution in [0.15, 0.2) is 35.5 Å². The lowest BCUT2D eigenvalue weighted by Crippen LogP contribution is -2.50. The highest BCUT2D eigenvalue weighted by atomic mass is 32.2. The summed E-state index contributed by atoms with van der Waals surface area (Å²) in [6.45, 7) is 0.695. The van der Waals surface area contributed by atoms with E-state index in [9.17, 15) is 13.2 Å². The zero-order chi connectivity index (χ0) is 16.8. The van der Waals surface area contributed by atoms with E-state index in [-0.39, 0.29) is 10.9 Å². The number of carboxylic acid groups (broad SMARTS) is 1. The van der Waals surface area contributed by atoms with Gasteiger partial charge in [0, 0.05) is 36.1 Å². The minimum absolute atomic E-state index is 0.0634. The van der Waals surface area contributed by atoms with Crippen molar-refractivity contribution in [1.82, 2.24) is 14.7 Å². The minimum Gasteiger partial charge on any atom is -0.465 e. The number of rotatable bonds is 3. The maximum atomic E-state index is 11.7. The Bertz CT molecular complexity index is 870. The number of amides is 1. The SMILES string of the molecule is Nc1ccc(-c2cnn(C3CN(C(=O)O)C3)c2)c(S(N)(=O)=O)c1. The van der Waals surface area contributed by atoms with Crippen LogP contribution in [0.25, 0.3) is 11.1 Å². The Morgan fingerprint density at radius 2 is 2.04 bits per heavy atom. The number of aromatic nitrogens is 2. The molecule has 1 aromatic heterocycles. The molecule has 10 heteroatoms. The highest BCUT2D eigenvalue weighted by molar-refractivity contribution is 7.89. The molecule has 0 unspecified atom stereocenters. The average molecular weight is 337 g/mol. The van der Waals surface area contributed by atoms with E-state index in [1.807, 2.05) is 0 Å². The van der Waals surface area contributed by atoms with Crippen molar-refractivity contribution >= 4 is 21.8 Å². The number of hydrogen-bond donors (Lipinski definition) is 3. The van der Waals surface area contributed by atoms with Crippen molar-refractivity contribution in [2.24, 2.45) is 5.14 Å². The molecule has 2 heterocycles. The number of likely N-dealkylation sites (tertiary alicyclic amines) is 1. The topological polar surface area (TPSA) is 145 Å². The van der Waals surface area contributed by atoms with Crippen molar-refractivity contribution in [3.63, 3.8) is 0 Å². The van der Waals surface area contributed by atoms with Crippen LogP contribution in [0, 0.1) is 0 Å². The van der Waals surface area contributed by atoms with Crippen molar-refractivity contribution in [2.45, 2.75) is 10.9 Å². The van der Waals surface area contributed by atoms with Gasteiger partial charge in [0.25, 0.3) is 0 Å². The van der Waals surface area contributed by atoms with Gasteiger partial charge in [-0.2, -0.15) is 5.10 Å². The number of nitrogens with two attached hydrogens (primary N) is 2. The third kappa shape index (κ3) is 2.85. The molecular formula is C13H15N5O4S. The number of nitrogen functional groups attached to an aromatic ring is 1. The molecule has 23 heavy (non-hydrogen) atoms. The molecule has 0 saturated carbocycles. The van der Waals surface area contributed by atoms with Gasteiger partial charge >= 0.3 is 6.09 Å². The fraction of sp³-hybridized carbons (Fsp3) is 0.231. The summed E-state index contributed by atoms with van der Waals surface area (Å²) in [5.74, 6) is 0. The molecule has 0 spiro atoms. The van der Waals surface area contributed by atoms with E-state index in [0.717, 1.165) is 0 Å². The summed E-state index contributed by atoms with van der Waals surface area (Å²) in [6, 6.07) is 4.39. The number of sulfonamides is 1. The lowest BCUT2D eigenvalue weighted by molar-refractivity contribution is 0.0812. The summed E-state index contributed by atoms with van der Waals surface area (Å²) >= 11 is 0. The molecule has 2 aromatic rings. The van der Waals surface area contributed by atoms with Crippen molar-refractivity contribution < 1.29 is 18.3 Å². The first-order chi connectivity index (χ1) is 10.8. The first-order valence-corrected chi connectivity index (χ1v) is 8.25. The summed E-state index contributed by atoms with van der Waals surface area (Å²) in [5.41, 5.74) is 6.90. The smallest absolute Gasteiger partial charge is 0.407 e. The zero-order valence-electron chi connectivity index (χ0n) is 12.0. The first kappa shape index (κ1) is 15.3. The Kier molecular flexibility index (Phi) is 3.49. The Labute approximate surface area is 132 Å². The normalized spacial score (nSPS) is 15.4. The number of hydrogen-bond acceptors (Lipinski definition) is 5. The number of nitrogens with zero attached hydrogens (tertiary/aromatic N) is 3. The minimum atomic E-state index is -3.93. The predicted octanol–water partition coefficient (Wildman–Crippen LogP) is 0.314. The zero-order valence-corrected chi connectivity index (χ0v) is 12.8. The van der Waals surface area contributed by atoms with E-state index in [0.29, 0.717) is 29.9 Å². The number of anilines is 1. The molecule has 1 aromatic carbocycles. The molecule has 0 bridgehead atoms. The lowest BCUT2D eigenvalue weighted by atomic mass is 10.1. The molecule has 3 rings (SSSR count). The van der Waals surface area contributed by atoms with E-state index >= 15 is 0 Å². The summed E-state index contributed by atoms with van der Waals surface area (Å²) < 4.78 is 25.1. The maximum absolute atomic E-state index is 11.7. The second-order valence-corrected chi connectivity index (χ2v) is 6.88. The van der Waals surface area contributed by atoms with Gasteiger partial charge in [-0.05, 0) is 12.1 Å². The molecule has 1 fully saturated rings. The Morgan fingerprint density at radius 3 is 2.65 bits per heavy atom. The predicted molar refractivity (Wildman–Crippen MR) is 82.1 cm³/mol. The van der Waals surface area contributed by atoms with E-state index in [1.54, 1.807) is 23.0 Å². The van der Waals surface area contributed by atoms with Crippen LogP contribution in [0.3, 0.4) is 0 Å². The van der Waals surface area contributed by atoms with Crippen LogP contribution >= 0.6 is 0 Å². The van der Waals surface area contributed by atoms with Crippen LogP contribution in [0.1, 0.15) is 6.04 Å². The molecule has 0 aliphatic carbocycles. The molecule has 0 radical (unpaired) electrons. The molecule has 5 N–H and O–H groups in total. The van der Waals surface area contributed by atoms with Crippen LogP contribution < -0.4 is 10.9 Å². The quantitative estimate of drug-likeness (QED) is 0.688. The van der Waals surface area contributed by atoms with Gasteiger partial charge in [-0.25, -0.2) is 18.4 Å². The van der Waals surface area contributed by atoms with Gasteiger partial charge in [0.15, 0.2) is 0 Å². The highest BCUT2D eigenvalue weighted by Gasteiger charge is 2.32. The molecule has 1 aliphatic heterocycles. The van der Waals surface area contributed by atoms with Crippen LogP contribution in [0.4, 0.5) is 10.5 Å². The monoisotopic (exact) mass is 337 g/mol. The molecule has 0 atom stereocenters. The lowest BCUT2D eigenvalue weighted by Gasteiger charge is -2.36. The van der Waals surface area contributed by atoms with Gasteiger partial charge in [-0.1, -0.05) is 6.07 Å². The van der Waals surface area contributed by atoms with Crippen molar-refractivity contribution in [2.75, 3.05) is 18.8 Å². The van der Waals surface area contributed by atoms with E-state index in [2.05, 4.69) is 5.10 Å². The molecular weight excluding hydrogens is 322 g/mol. The molecule has 1 saturated heterocycles. The van der Waals surface area contributed by atoms with Gasteiger partial charge in [-0.15, -0.1) is 0 Å². The number of primary sulfonamides is 1. The van der Waals surface area contributed by atoms with Crippen LogP contribution in [-0.2, 0) is 10.0 Å². The van der Waals surface area contributed by atoms with E-state index in [1.165, 1.54) is 17.2 Å². The fourth-order valence-electron chi connectivity index (χ4n) is 2.47. The molecule has 122 valence electrons. The second kappa shape index (κ2) is 5.25. The van der Waals surface area contributed by atoms with Crippen LogP contribution in [-0.4, -0.2) is 47.4 Å². The summed E-state index contributed by atoms with van der Waals surface area (Å²) in [5, 5.41) is 18.3. The number of benzene rings is 1. The summed E-state index contributed by atoms with van der Waals surface area (Å²) in [4.78, 5) is 12.0. The second-order valence-electron chi connectivity index (χ2n) is 5.35. The highest BCUT2D eigenvalue weighted by Crippen LogP contribution is 2.30. The van der Waals surface area contributed by atoms with Gasteiger partial charge in [0.1, 0.15) is 0 Å². The van der Waals surface area contributed by atoms with Crippen molar-refractivity contribution in [3.8, 4) is 11.1 Å². The largest absolute Gasteiger partial charge is 0.465 e. The van der Waals surface area contributed by atoms with Crippen molar-refractivity contribution in [3.05, 3.63) is 30.6 Å². The van der Waals surface area contributed by atoms with Crippen LogP contribution in [0.2, 0.25) is 0 Å². The van der Waals surface area contributed by atoms with E-state index < -0.39 is 16.1 Å². The molecule has 1 aliphatic rings. The Balaban J connectivity index is 1.92. The van der Waals surface area contributed by atoms with Crippen molar-refractivity contribution in [1.29, 1.82) is 0 Å². The Hall–Kier alpha value is -2.59. The van der Waals surface area contributed by atoms with Gasteiger partial charge in [0.05, 0.1) is 17.1 Å². The third-order valence-corrected chi connectivity index (χ3v) is 4.68. The van der Waals surface area contributed by atoms with Gasteiger partial charge in [0.2, 0.25) is 10.0 Å². The third-order valence-electron chi connectivity index (χ3n) is 3.73. The summed E-state index contributed by atoms with van der Waals surface area (Å²) in [7, 11) is -3.93. The Morgan fingerprint density at radius 1 is 1.35 bits per heavy atom. The van der Waals surface area contributed by atoms with E-state index in [4.69, 9.17) is 16.0 Å². The summed E-state index contributed by atoms with van der Waals surface area (Å²) in [6.07, 6.45) is 2.22. The fourth-order valence-corrected chi connectivity index (χ4v) is 3.26. The van der Waals surface area contributed by atoms with Crippen LogP contribution in [0.5, 0.6) is 0 Å². The first-order valence-electron chi connectivity index (χ1n) is 6.70. The maximum Gasteiger partial charge on any atom is 0.407 e. The molecule has 1 amide bonds. The van der Waals surface area contributed by atoms with Gasteiger partial charge in [-0.3, -0.25) is 4.68 Å². The number of carbonyl (C=O) groups is 1. The average Bonchev–Trinajstić information content (AvgIpc) is 2.84. The molecule has 9 nitrogen and oxygen atoms in total.